The summed E-state index contributed by atoms with van der Waals surface area (Å²) in [7, 11) is 1.73. The third kappa shape index (κ3) is 6.64. The van der Waals surface area contributed by atoms with E-state index >= 15 is 0 Å². The highest BCUT2D eigenvalue weighted by molar-refractivity contribution is 8.17. The first-order chi connectivity index (χ1) is 13.9. The molecule has 0 spiro atoms. The summed E-state index contributed by atoms with van der Waals surface area (Å²) in [5, 5.41) is 11.2. The molecule has 152 valence electrons. The van der Waals surface area contributed by atoms with Crippen LogP contribution < -0.4 is 5.63 Å². The second-order valence-corrected chi connectivity index (χ2v) is 7.87. The zero-order valence-corrected chi connectivity index (χ0v) is 18.2. The van der Waals surface area contributed by atoms with Gasteiger partial charge in [0.2, 0.25) is 0 Å². The van der Waals surface area contributed by atoms with Crippen LogP contribution in [-0.4, -0.2) is 17.2 Å². The fourth-order valence-electron chi connectivity index (χ4n) is 2.58. The van der Waals surface area contributed by atoms with E-state index < -0.39 is 5.63 Å². The topological polar surface area (TPSA) is 62.8 Å². The van der Waals surface area contributed by atoms with Gasteiger partial charge in [0.1, 0.15) is 11.3 Å². The molecule has 0 amide bonds. The summed E-state index contributed by atoms with van der Waals surface area (Å²) in [6, 6.07) is 6.55. The maximum atomic E-state index is 12.4. The lowest BCUT2D eigenvalue weighted by Crippen LogP contribution is -2.11. The lowest BCUT2D eigenvalue weighted by Gasteiger charge is -2.08. The van der Waals surface area contributed by atoms with Crippen LogP contribution in [0.15, 0.2) is 85.4 Å². The summed E-state index contributed by atoms with van der Waals surface area (Å²) in [5.74, 6) is 0.0686. The van der Waals surface area contributed by atoms with Crippen molar-refractivity contribution in [1.29, 1.82) is 0 Å². The van der Waals surface area contributed by atoms with Crippen molar-refractivity contribution in [2.24, 2.45) is 4.99 Å². The molecule has 29 heavy (non-hydrogen) atoms. The number of hydrogen-bond donors (Lipinski definition) is 1. The molecule has 4 nitrogen and oxygen atoms in total. The van der Waals surface area contributed by atoms with Crippen LogP contribution in [0.3, 0.4) is 0 Å². The van der Waals surface area contributed by atoms with Crippen molar-refractivity contribution >= 4 is 27.8 Å². The average molecular weight is 410 g/mol. The van der Waals surface area contributed by atoms with Crippen LogP contribution in [0.5, 0.6) is 5.75 Å². The van der Waals surface area contributed by atoms with Gasteiger partial charge in [0.05, 0.1) is 5.04 Å². The molecule has 1 heterocycles. The molecule has 0 aliphatic carbocycles. The van der Waals surface area contributed by atoms with Gasteiger partial charge in [-0.25, -0.2) is 4.79 Å². The molecule has 0 aliphatic heterocycles. The van der Waals surface area contributed by atoms with Gasteiger partial charge in [-0.3, -0.25) is 4.99 Å². The standard InChI is InChI=1S/C24H27NO3S/c1-6-16(3)8-9-17(4)12-21(7-2)29-23(25-5)14-19-13-18-10-11-20(26)15-22(18)28-24(19)27/h6,8-13,15,26H,1,7,14H2,2-5H3/b16-8-,17-9+,21-12+,25-23?. The Bertz CT molecular complexity index is 1070. The van der Waals surface area contributed by atoms with Crippen LogP contribution in [0.4, 0.5) is 0 Å². The quantitative estimate of drug-likeness (QED) is 0.257. The normalized spacial score (nSPS) is 13.8. The largest absolute Gasteiger partial charge is 0.508 e. The predicted octanol–water partition coefficient (Wildman–Crippen LogP) is 6.18. The minimum Gasteiger partial charge on any atom is -0.508 e. The van der Waals surface area contributed by atoms with Gasteiger partial charge < -0.3 is 9.52 Å². The SMILES string of the molecule is C=C\C(C)=C/C=C(C)/C=C(\CC)SC(Cc1cc2ccc(O)cc2oc1=O)=NC. The highest BCUT2D eigenvalue weighted by Gasteiger charge is 2.11. The molecule has 0 radical (unpaired) electrons. The number of phenols is 1. The van der Waals surface area contributed by atoms with Crippen LogP contribution in [0.1, 0.15) is 32.8 Å². The molecule has 1 aromatic heterocycles. The molecular weight excluding hydrogens is 382 g/mol. The number of aromatic hydroxyl groups is 1. The lowest BCUT2D eigenvalue weighted by atomic mass is 10.1. The van der Waals surface area contributed by atoms with Crippen molar-refractivity contribution in [2.45, 2.75) is 33.6 Å². The van der Waals surface area contributed by atoms with E-state index in [0.717, 1.165) is 28.0 Å². The van der Waals surface area contributed by atoms with Crippen molar-refractivity contribution in [3.63, 3.8) is 0 Å². The fourth-order valence-corrected chi connectivity index (χ4v) is 3.59. The fraction of sp³-hybridized carbons (Fsp3) is 0.250. The summed E-state index contributed by atoms with van der Waals surface area (Å²) in [6.45, 7) is 9.92. The molecule has 1 N–H and O–H groups in total. The number of aliphatic imine (C=N–C) groups is 1. The second kappa shape index (κ2) is 10.7. The van der Waals surface area contributed by atoms with Crippen molar-refractivity contribution in [3.8, 4) is 5.75 Å². The van der Waals surface area contributed by atoms with E-state index in [2.05, 4.69) is 37.6 Å². The zero-order valence-electron chi connectivity index (χ0n) is 17.4. The predicted molar refractivity (Wildman–Crippen MR) is 125 cm³/mol. The van der Waals surface area contributed by atoms with Crippen molar-refractivity contribution in [1.82, 2.24) is 0 Å². The second-order valence-electron chi connectivity index (χ2n) is 6.67. The van der Waals surface area contributed by atoms with Crippen LogP contribution in [0.25, 0.3) is 11.0 Å². The van der Waals surface area contributed by atoms with E-state index in [1.165, 1.54) is 11.0 Å². The molecule has 0 unspecified atom stereocenters. The Hall–Kier alpha value is -2.79. The summed E-state index contributed by atoms with van der Waals surface area (Å²) >= 11 is 1.58. The van der Waals surface area contributed by atoms with E-state index in [0.29, 0.717) is 17.6 Å². The Labute approximate surface area is 176 Å². The van der Waals surface area contributed by atoms with Crippen LogP contribution in [0, 0.1) is 0 Å². The number of nitrogens with zero attached hydrogens (tertiary/aromatic N) is 1. The molecule has 0 bridgehead atoms. The first-order valence-corrected chi connectivity index (χ1v) is 10.2. The van der Waals surface area contributed by atoms with Gasteiger partial charge in [0.15, 0.2) is 0 Å². The average Bonchev–Trinajstić information content (AvgIpc) is 2.71. The molecule has 0 fully saturated rings. The summed E-state index contributed by atoms with van der Waals surface area (Å²) in [4.78, 5) is 17.9. The Morgan fingerprint density at radius 1 is 1.24 bits per heavy atom. The molecule has 1 aromatic carbocycles. The van der Waals surface area contributed by atoms with Crippen LogP contribution >= 0.6 is 11.8 Å². The van der Waals surface area contributed by atoms with E-state index in [1.54, 1.807) is 37.0 Å². The molecule has 2 aromatic rings. The Balaban J connectivity index is 2.23. The number of thioether (sulfide) groups is 1. The van der Waals surface area contributed by atoms with Gasteiger partial charge in [-0.15, -0.1) is 0 Å². The minimum absolute atomic E-state index is 0.0686. The Morgan fingerprint density at radius 3 is 2.62 bits per heavy atom. The van der Waals surface area contributed by atoms with E-state index in [-0.39, 0.29) is 5.75 Å². The third-order valence-corrected chi connectivity index (χ3v) is 5.53. The van der Waals surface area contributed by atoms with E-state index in [9.17, 15) is 9.90 Å². The van der Waals surface area contributed by atoms with Gasteiger partial charge in [0.25, 0.3) is 0 Å². The Morgan fingerprint density at radius 2 is 1.97 bits per heavy atom. The van der Waals surface area contributed by atoms with Crippen molar-refractivity contribution in [3.05, 3.63) is 87.2 Å². The molecule has 0 aliphatic rings. The molecule has 5 heteroatoms. The number of fused-ring (bicyclic) bond motifs is 1. The molecule has 0 saturated heterocycles. The molecule has 0 atom stereocenters. The van der Waals surface area contributed by atoms with Gasteiger partial charge in [0, 0.05) is 30.5 Å². The van der Waals surface area contributed by atoms with Crippen molar-refractivity contribution < 1.29 is 9.52 Å². The molecule has 0 saturated carbocycles. The lowest BCUT2D eigenvalue weighted by molar-refractivity contribution is 0.473. The molecule has 2 rings (SSSR count). The van der Waals surface area contributed by atoms with Gasteiger partial charge in [-0.1, -0.05) is 54.6 Å². The van der Waals surface area contributed by atoms with E-state index in [4.69, 9.17) is 4.42 Å². The molecular formula is C24H27NO3S. The zero-order chi connectivity index (χ0) is 21.4. The maximum absolute atomic E-state index is 12.4. The highest BCUT2D eigenvalue weighted by atomic mass is 32.2. The van der Waals surface area contributed by atoms with Gasteiger partial charge in [-0.05, 0) is 49.4 Å². The highest BCUT2D eigenvalue weighted by Crippen LogP contribution is 2.25. The summed E-state index contributed by atoms with van der Waals surface area (Å²) < 4.78 is 5.36. The van der Waals surface area contributed by atoms with Gasteiger partial charge in [-0.2, -0.15) is 0 Å². The summed E-state index contributed by atoms with van der Waals surface area (Å²) in [5.41, 5.74) is 2.75. The third-order valence-electron chi connectivity index (χ3n) is 4.30. The number of phenolic OH excluding ortho intramolecular Hbond substituents is 1. The number of benzene rings is 1. The van der Waals surface area contributed by atoms with Crippen LogP contribution in [-0.2, 0) is 6.42 Å². The van der Waals surface area contributed by atoms with Gasteiger partial charge >= 0.3 is 5.63 Å². The Kier molecular flexibility index (Phi) is 8.28. The number of rotatable bonds is 7. The minimum atomic E-state index is -0.409. The van der Waals surface area contributed by atoms with Crippen molar-refractivity contribution in [2.75, 3.05) is 7.05 Å². The number of hydrogen-bond acceptors (Lipinski definition) is 5. The monoisotopic (exact) mass is 409 g/mol. The number of allylic oxidation sites excluding steroid dienone is 7. The van der Waals surface area contributed by atoms with E-state index in [1.807, 2.05) is 19.1 Å². The summed E-state index contributed by atoms with van der Waals surface area (Å²) in [6.07, 6.45) is 9.31. The first kappa shape index (κ1) is 22.5. The maximum Gasteiger partial charge on any atom is 0.339 e. The smallest absolute Gasteiger partial charge is 0.339 e. The first-order valence-electron chi connectivity index (χ1n) is 9.43. The van der Waals surface area contributed by atoms with Crippen LogP contribution in [0.2, 0.25) is 0 Å².